The summed E-state index contributed by atoms with van der Waals surface area (Å²) in [5.74, 6) is -0.475. The van der Waals surface area contributed by atoms with Gasteiger partial charge >= 0.3 is 11.6 Å². The molecule has 0 fully saturated rings. The van der Waals surface area contributed by atoms with Gasteiger partial charge in [0, 0.05) is 38.4 Å². The average molecular weight is 531 g/mol. The maximum Gasteiger partial charge on any atom is 0.433 e. The van der Waals surface area contributed by atoms with Crippen molar-refractivity contribution in [1.82, 2.24) is 14.2 Å². The summed E-state index contributed by atoms with van der Waals surface area (Å²) < 4.78 is 25.4. The van der Waals surface area contributed by atoms with Crippen LogP contribution in [0, 0.1) is 17.0 Å². The molecule has 35 heavy (non-hydrogen) atoms. The molecule has 3 unspecified atom stereocenters. The Morgan fingerprint density at radius 1 is 1.29 bits per heavy atom. The summed E-state index contributed by atoms with van der Waals surface area (Å²) in [7, 11) is -5.38. The van der Waals surface area contributed by atoms with E-state index in [0.717, 1.165) is 10.6 Å². The number of aryl methyl sites for hydroxylation is 1. The number of furan rings is 1. The molecule has 0 saturated heterocycles. The maximum absolute atomic E-state index is 12.3. The second kappa shape index (κ2) is 10.6. The quantitative estimate of drug-likeness (QED) is 0.111. The molecule has 15 heteroatoms. The first kappa shape index (κ1) is 27.1. The molecule has 0 spiro atoms. The number of alkyl halides is 1. The van der Waals surface area contributed by atoms with Crippen LogP contribution in [0.25, 0.3) is 0 Å². The molecular weight excluding hydrogens is 507 g/mol. The Morgan fingerprint density at radius 2 is 2.00 bits per heavy atom. The van der Waals surface area contributed by atoms with Gasteiger partial charge in [0.25, 0.3) is 5.56 Å². The molecule has 3 rings (SSSR count). The lowest BCUT2D eigenvalue weighted by atomic mass is 9.91. The maximum atomic E-state index is 12.3. The summed E-state index contributed by atoms with van der Waals surface area (Å²) >= 11 is 5.70. The minimum atomic E-state index is -5.38. The van der Waals surface area contributed by atoms with Crippen LogP contribution in [-0.2, 0) is 14.8 Å². The molecule has 0 bridgehead atoms. The van der Waals surface area contributed by atoms with Gasteiger partial charge in [0.2, 0.25) is 0 Å². The third-order valence-corrected chi connectivity index (χ3v) is 7.24. The Bertz CT molecular complexity index is 1270. The molecule has 192 valence electrons. The molecule has 0 saturated carbocycles. The number of hydrogen-bond acceptors (Lipinski definition) is 9. The second-order valence-corrected chi connectivity index (χ2v) is 10.1. The van der Waals surface area contributed by atoms with Crippen molar-refractivity contribution in [3.8, 4) is 0 Å². The van der Waals surface area contributed by atoms with Gasteiger partial charge in [0.05, 0.1) is 17.7 Å². The highest BCUT2D eigenvalue weighted by atomic mass is 35.5. The van der Waals surface area contributed by atoms with E-state index in [-0.39, 0.29) is 36.6 Å². The molecule has 13 nitrogen and oxygen atoms in total. The molecule has 0 radical (unpaired) electrons. The van der Waals surface area contributed by atoms with E-state index in [1.54, 1.807) is 12.2 Å². The van der Waals surface area contributed by atoms with Gasteiger partial charge in [-0.05, 0) is 38.8 Å². The zero-order valence-electron chi connectivity index (χ0n) is 18.9. The minimum absolute atomic E-state index is 0.112. The summed E-state index contributed by atoms with van der Waals surface area (Å²) in [5.41, 5.74) is -2.62. The summed E-state index contributed by atoms with van der Waals surface area (Å²) in [6, 6.07) is 2.32. The van der Waals surface area contributed by atoms with Crippen LogP contribution in [0.3, 0.4) is 0 Å². The molecular formula is C20H24ClN4O9P-2. The lowest BCUT2D eigenvalue weighted by molar-refractivity contribution is -0.402. The smallest absolute Gasteiger partial charge is 0.433 e. The van der Waals surface area contributed by atoms with E-state index in [2.05, 4.69) is 4.98 Å². The first-order valence-corrected chi connectivity index (χ1v) is 12.7. The molecule has 2 aromatic heterocycles. The van der Waals surface area contributed by atoms with Crippen LogP contribution in [0.2, 0.25) is 0 Å². The molecule has 1 aliphatic heterocycles. The van der Waals surface area contributed by atoms with Crippen molar-refractivity contribution in [1.29, 1.82) is 0 Å². The van der Waals surface area contributed by atoms with Crippen LogP contribution in [0.4, 0.5) is 5.88 Å². The Kier molecular flexibility index (Phi) is 8.20. The lowest BCUT2D eigenvalue weighted by Crippen LogP contribution is -2.49. The zero-order valence-corrected chi connectivity index (χ0v) is 20.6. The van der Waals surface area contributed by atoms with Gasteiger partial charge in [-0.1, -0.05) is 6.08 Å². The van der Waals surface area contributed by atoms with Gasteiger partial charge < -0.3 is 23.5 Å². The molecule has 1 N–H and O–H groups in total. The van der Waals surface area contributed by atoms with E-state index in [0.29, 0.717) is 11.1 Å². The second-order valence-electron chi connectivity index (χ2n) is 8.29. The van der Waals surface area contributed by atoms with Crippen LogP contribution >= 0.6 is 19.3 Å². The van der Waals surface area contributed by atoms with Crippen molar-refractivity contribution in [3.63, 3.8) is 0 Å². The largest absolute Gasteiger partial charge is 0.799 e. The van der Waals surface area contributed by atoms with E-state index in [9.17, 15) is 34.1 Å². The SMILES string of the molecule is Cc1cn(C2C=CC(CC(C)(c3ccc([N+](=O)[O-])o3)N(CCCCCl)P(=O)([O-])[O-])O2)c(=O)[nH]c1=O. The van der Waals surface area contributed by atoms with Crippen LogP contribution in [-0.4, -0.2) is 37.7 Å². The van der Waals surface area contributed by atoms with E-state index in [1.807, 2.05) is 0 Å². The van der Waals surface area contributed by atoms with Crippen molar-refractivity contribution in [2.24, 2.45) is 0 Å². The fraction of sp³-hybridized carbons (Fsp3) is 0.500. The number of nitro groups is 1. The monoisotopic (exact) mass is 530 g/mol. The standard InChI is InChI=1S/C20H26ClN4O9P/c1-13-12-23(19(27)22-18(13)26)16-7-5-14(33-16)11-20(2,15-6-8-17(34-15)25(28)29)24(35(30,31)32)10-4-3-9-21/h5-8,12,14,16H,3-4,9-11H2,1-2H3,(H,22,26,27)(H2,30,31,32)/p-2. The van der Waals surface area contributed by atoms with Crippen LogP contribution in [0.15, 0.2) is 44.5 Å². The summed E-state index contributed by atoms with van der Waals surface area (Å²) in [5, 5.41) is 11.2. The third kappa shape index (κ3) is 6.00. The van der Waals surface area contributed by atoms with Crippen molar-refractivity contribution < 1.29 is 28.4 Å². The first-order valence-electron chi connectivity index (χ1n) is 10.6. The normalized spacial score (nSPS) is 19.8. The number of nitrogens with zero attached hydrogens (tertiary/aromatic N) is 3. The molecule has 3 heterocycles. The summed E-state index contributed by atoms with van der Waals surface area (Å²) in [4.78, 5) is 61.1. The van der Waals surface area contributed by atoms with E-state index in [4.69, 9.17) is 20.8 Å². The number of nitrogens with one attached hydrogen (secondary N) is 1. The highest BCUT2D eigenvalue weighted by Crippen LogP contribution is 2.48. The number of halogens is 1. The summed E-state index contributed by atoms with van der Waals surface area (Å²) in [6.07, 6.45) is 3.28. The number of aromatic nitrogens is 2. The highest BCUT2D eigenvalue weighted by molar-refractivity contribution is 7.46. The van der Waals surface area contributed by atoms with E-state index < -0.39 is 47.7 Å². The minimum Gasteiger partial charge on any atom is -0.799 e. The predicted molar refractivity (Wildman–Crippen MR) is 121 cm³/mol. The number of H-pyrrole nitrogens is 1. The Hall–Kier alpha value is -2.54. The van der Waals surface area contributed by atoms with Gasteiger partial charge in [-0.15, -0.1) is 11.6 Å². The van der Waals surface area contributed by atoms with Crippen molar-refractivity contribution >= 4 is 25.2 Å². The van der Waals surface area contributed by atoms with Crippen LogP contribution < -0.4 is 21.0 Å². The third-order valence-electron chi connectivity index (χ3n) is 5.74. The molecule has 0 aromatic carbocycles. The van der Waals surface area contributed by atoms with Gasteiger partial charge in [-0.25, -0.2) is 4.79 Å². The van der Waals surface area contributed by atoms with Gasteiger partial charge in [0.1, 0.15) is 10.7 Å². The molecule has 0 aliphatic carbocycles. The Balaban J connectivity index is 1.95. The summed E-state index contributed by atoms with van der Waals surface area (Å²) in [6.45, 7) is 2.74. The zero-order chi connectivity index (χ0) is 26.0. The topological polar surface area (TPSA) is 187 Å². The first-order chi connectivity index (χ1) is 16.4. The molecule has 0 amide bonds. The van der Waals surface area contributed by atoms with E-state index >= 15 is 0 Å². The number of unbranched alkanes of at least 4 members (excludes halogenated alkanes) is 1. The molecule has 1 aliphatic rings. The fourth-order valence-electron chi connectivity index (χ4n) is 3.97. The number of ether oxygens (including phenoxy) is 1. The van der Waals surface area contributed by atoms with Crippen LogP contribution in [0.1, 0.15) is 43.7 Å². The molecule has 3 atom stereocenters. The van der Waals surface area contributed by atoms with E-state index in [1.165, 1.54) is 26.1 Å². The van der Waals surface area contributed by atoms with Crippen molar-refractivity contribution in [2.75, 3.05) is 12.4 Å². The van der Waals surface area contributed by atoms with Gasteiger partial charge in [0.15, 0.2) is 6.23 Å². The number of rotatable bonds is 11. The number of hydrogen-bond donors (Lipinski definition) is 1. The highest BCUT2D eigenvalue weighted by Gasteiger charge is 2.42. The van der Waals surface area contributed by atoms with Crippen molar-refractivity contribution in [2.45, 2.75) is 51.0 Å². The fourth-order valence-corrected chi connectivity index (χ4v) is 5.27. The lowest BCUT2D eigenvalue weighted by Gasteiger charge is -2.51. The molecule has 2 aromatic rings. The van der Waals surface area contributed by atoms with Gasteiger partial charge in [-0.3, -0.25) is 29.1 Å². The predicted octanol–water partition coefficient (Wildman–Crippen LogP) is 1.26. The Morgan fingerprint density at radius 3 is 2.60 bits per heavy atom. The Labute approximate surface area is 204 Å². The van der Waals surface area contributed by atoms with Crippen LogP contribution in [0.5, 0.6) is 0 Å². The van der Waals surface area contributed by atoms with Crippen molar-refractivity contribution in [3.05, 3.63) is 72.8 Å². The van der Waals surface area contributed by atoms with Gasteiger partial charge in [-0.2, -0.15) is 0 Å². The average Bonchev–Trinajstić information content (AvgIpc) is 3.43. The number of aromatic amines is 1.